The molecule has 0 aromatic carbocycles. The molecule has 3 N–H and O–H groups in total. The summed E-state index contributed by atoms with van der Waals surface area (Å²) in [6, 6.07) is 0.0551. The van der Waals surface area contributed by atoms with Crippen LogP contribution in [-0.4, -0.2) is 42.3 Å². The first-order chi connectivity index (χ1) is 8.77. The largest absolute Gasteiger partial charge is 0.396 e. The summed E-state index contributed by atoms with van der Waals surface area (Å²) in [6.07, 6.45) is 8.61. The van der Waals surface area contributed by atoms with Crippen LogP contribution < -0.4 is 10.6 Å². The van der Waals surface area contributed by atoms with Gasteiger partial charge in [0.1, 0.15) is 0 Å². The fourth-order valence-electron chi connectivity index (χ4n) is 2.43. The van der Waals surface area contributed by atoms with Crippen LogP contribution in [0.25, 0.3) is 0 Å². The molecule has 0 radical (unpaired) electrons. The maximum absolute atomic E-state index is 11.7. The Kier molecular flexibility index (Phi) is 8.25. The summed E-state index contributed by atoms with van der Waals surface area (Å²) in [7, 11) is 0. The molecule has 0 saturated heterocycles. The molecular formula is C13H26N2O2S. The molecular weight excluding hydrogens is 248 g/mol. The smallest absolute Gasteiger partial charge is 0.315 e. The van der Waals surface area contributed by atoms with Gasteiger partial charge in [0.15, 0.2) is 0 Å². The molecule has 2 unspecified atom stereocenters. The molecule has 18 heavy (non-hydrogen) atoms. The highest BCUT2D eigenvalue weighted by atomic mass is 32.2. The fourth-order valence-corrected chi connectivity index (χ4v) is 2.86. The molecule has 5 heteroatoms. The number of nitrogens with one attached hydrogen (secondary N) is 2. The first kappa shape index (κ1) is 15.6. The normalized spacial score (nSPS) is 24.3. The van der Waals surface area contributed by atoms with Crippen LogP contribution in [0.5, 0.6) is 0 Å². The molecule has 1 rings (SSSR count). The van der Waals surface area contributed by atoms with Gasteiger partial charge in [0.2, 0.25) is 0 Å². The number of carbonyl (C=O) groups is 1. The zero-order chi connectivity index (χ0) is 13.2. The van der Waals surface area contributed by atoms with Crippen LogP contribution in [0, 0.1) is 5.92 Å². The van der Waals surface area contributed by atoms with E-state index in [1.54, 1.807) is 11.8 Å². The van der Waals surface area contributed by atoms with Crippen molar-refractivity contribution in [2.24, 2.45) is 5.92 Å². The van der Waals surface area contributed by atoms with Gasteiger partial charge in [-0.1, -0.05) is 19.3 Å². The summed E-state index contributed by atoms with van der Waals surface area (Å²) >= 11 is 1.79. The second-order valence-corrected chi connectivity index (χ2v) is 5.92. The molecule has 1 saturated carbocycles. The first-order valence-corrected chi connectivity index (χ1v) is 8.31. The van der Waals surface area contributed by atoms with E-state index in [-0.39, 0.29) is 24.6 Å². The van der Waals surface area contributed by atoms with Crippen molar-refractivity contribution in [2.75, 3.05) is 25.2 Å². The molecule has 0 bridgehead atoms. The molecule has 0 aromatic heterocycles. The van der Waals surface area contributed by atoms with Crippen molar-refractivity contribution in [3.8, 4) is 0 Å². The summed E-state index contributed by atoms with van der Waals surface area (Å²) < 4.78 is 0. The van der Waals surface area contributed by atoms with Crippen molar-refractivity contribution >= 4 is 17.8 Å². The highest BCUT2D eigenvalue weighted by Crippen LogP contribution is 2.22. The Morgan fingerprint density at radius 2 is 2.11 bits per heavy atom. The van der Waals surface area contributed by atoms with Gasteiger partial charge in [0.25, 0.3) is 0 Å². The van der Waals surface area contributed by atoms with Crippen LogP contribution in [0.4, 0.5) is 4.79 Å². The highest BCUT2D eigenvalue weighted by Gasteiger charge is 2.24. The third-order valence-corrected chi connectivity index (χ3v) is 4.22. The number of hydrogen-bond acceptors (Lipinski definition) is 3. The number of hydrogen-bond donors (Lipinski definition) is 3. The van der Waals surface area contributed by atoms with E-state index < -0.39 is 0 Å². The molecule has 1 fully saturated rings. The molecule has 0 aromatic rings. The van der Waals surface area contributed by atoms with E-state index in [2.05, 4.69) is 16.9 Å². The minimum absolute atomic E-state index is 0.0820. The van der Waals surface area contributed by atoms with E-state index in [9.17, 15) is 9.90 Å². The minimum Gasteiger partial charge on any atom is -0.396 e. The topological polar surface area (TPSA) is 61.4 Å². The number of aliphatic hydroxyl groups is 1. The predicted molar refractivity (Wildman–Crippen MR) is 77.0 cm³/mol. The summed E-state index contributed by atoms with van der Waals surface area (Å²) in [6.45, 7) is 0.903. The maximum Gasteiger partial charge on any atom is 0.315 e. The molecule has 1 aliphatic carbocycles. The number of thioether (sulfide) groups is 1. The van der Waals surface area contributed by atoms with Gasteiger partial charge in [-0.3, -0.25) is 0 Å². The lowest BCUT2D eigenvalue weighted by atomic mass is 9.96. The highest BCUT2D eigenvalue weighted by molar-refractivity contribution is 7.98. The Morgan fingerprint density at radius 3 is 2.83 bits per heavy atom. The van der Waals surface area contributed by atoms with E-state index in [1.165, 1.54) is 12.8 Å². The van der Waals surface area contributed by atoms with E-state index in [0.29, 0.717) is 0 Å². The van der Waals surface area contributed by atoms with Gasteiger partial charge >= 0.3 is 6.03 Å². The summed E-state index contributed by atoms with van der Waals surface area (Å²) in [5, 5.41) is 15.3. The molecule has 4 nitrogen and oxygen atoms in total. The van der Waals surface area contributed by atoms with E-state index >= 15 is 0 Å². The van der Waals surface area contributed by atoms with Crippen LogP contribution in [0.15, 0.2) is 0 Å². The zero-order valence-electron chi connectivity index (χ0n) is 11.3. The van der Waals surface area contributed by atoms with Gasteiger partial charge in [0, 0.05) is 25.1 Å². The molecule has 106 valence electrons. The summed E-state index contributed by atoms with van der Waals surface area (Å²) in [4.78, 5) is 11.7. The van der Waals surface area contributed by atoms with Crippen molar-refractivity contribution in [1.29, 1.82) is 0 Å². The Labute approximate surface area is 114 Å². The Morgan fingerprint density at radius 1 is 1.33 bits per heavy atom. The Hall–Kier alpha value is -0.420. The van der Waals surface area contributed by atoms with Crippen LogP contribution in [0.1, 0.15) is 38.5 Å². The third kappa shape index (κ3) is 5.96. The lowest BCUT2D eigenvalue weighted by Gasteiger charge is -2.24. The minimum atomic E-state index is -0.0820. The number of rotatable bonds is 6. The molecule has 2 atom stereocenters. The second kappa shape index (κ2) is 9.50. The molecule has 0 aliphatic heterocycles. The molecule has 0 heterocycles. The van der Waals surface area contributed by atoms with Crippen LogP contribution in [-0.2, 0) is 0 Å². The number of urea groups is 1. The van der Waals surface area contributed by atoms with Crippen LogP contribution in [0.3, 0.4) is 0 Å². The van der Waals surface area contributed by atoms with Gasteiger partial charge in [-0.25, -0.2) is 4.79 Å². The third-order valence-electron chi connectivity index (χ3n) is 3.52. The van der Waals surface area contributed by atoms with E-state index in [0.717, 1.165) is 38.0 Å². The van der Waals surface area contributed by atoms with Crippen molar-refractivity contribution in [3.05, 3.63) is 0 Å². The van der Waals surface area contributed by atoms with Gasteiger partial charge in [-0.2, -0.15) is 11.8 Å². The summed E-state index contributed by atoms with van der Waals surface area (Å²) in [5.41, 5.74) is 0. The van der Waals surface area contributed by atoms with Crippen molar-refractivity contribution in [2.45, 2.75) is 44.6 Å². The average Bonchev–Trinajstić information content (AvgIpc) is 2.59. The Bertz CT molecular complexity index is 239. The van der Waals surface area contributed by atoms with E-state index in [1.807, 2.05) is 0 Å². The van der Waals surface area contributed by atoms with Crippen molar-refractivity contribution in [1.82, 2.24) is 10.6 Å². The van der Waals surface area contributed by atoms with Gasteiger partial charge < -0.3 is 15.7 Å². The number of carbonyl (C=O) groups excluding carboxylic acids is 1. The summed E-state index contributed by atoms with van der Waals surface area (Å²) in [5.74, 6) is 1.30. The van der Waals surface area contributed by atoms with Crippen molar-refractivity contribution < 1.29 is 9.90 Å². The standard InChI is InChI=1S/C13H26N2O2S/c1-18-9-5-8-14-13(17)15-12-7-4-2-3-6-11(12)10-16/h11-12,16H,2-10H2,1H3,(H2,14,15,17). The first-order valence-electron chi connectivity index (χ1n) is 6.92. The molecule has 0 spiro atoms. The van der Waals surface area contributed by atoms with Gasteiger partial charge in [-0.05, 0) is 31.3 Å². The van der Waals surface area contributed by atoms with Crippen molar-refractivity contribution in [3.63, 3.8) is 0 Å². The number of aliphatic hydroxyl groups excluding tert-OH is 1. The molecule has 1 aliphatic rings. The lowest BCUT2D eigenvalue weighted by Crippen LogP contribution is -2.46. The second-order valence-electron chi connectivity index (χ2n) is 4.93. The monoisotopic (exact) mass is 274 g/mol. The predicted octanol–water partition coefficient (Wildman–Crippen LogP) is 1.98. The quantitative estimate of drug-likeness (QED) is 0.513. The SMILES string of the molecule is CSCCCNC(=O)NC1CCCCCC1CO. The number of amides is 2. The maximum atomic E-state index is 11.7. The van der Waals surface area contributed by atoms with Crippen LogP contribution in [0.2, 0.25) is 0 Å². The molecule has 2 amide bonds. The average molecular weight is 274 g/mol. The Balaban J connectivity index is 2.27. The zero-order valence-corrected chi connectivity index (χ0v) is 12.1. The fraction of sp³-hybridized carbons (Fsp3) is 0.923. The lowest BCUT2D eigenvalue weighted by molar-refractivity contribution is 0.179. The van der Waals surface area contributed by atoms with E-state index in [4.69, 9.17) is 0 Å². The van der Waals surface area contributed by atoms with Gasteiger partial charge in [0.05, 0.1) is 0 Å². The van der Waals surface area contributed by atoms with Gasteiger partial charge in [-0.15, -0.1) is 0 Å². The van der Waals surface area contributed by atoms with Crippen LogP contribution >= 0.6 is 11.8 Å².